The number of amides is 1. The second kappa shape index (κ2) is 9.43. The number of hydrogen-bond acceptors (Lipinski definition) is 6. The zero-order valence-corrected chi connectivity index (χ0v) is 19.8. The minimum absolute atomic E-state index is 0.137. The zero-order chi connectivity index (χ0) is 23.6. The van der Waals surface area contributed by atoms with Crippen LogP contribution in [0.25, 0.3) is 0 Å². The molecule has 2 N–H and O–H groups in total. The first kappa shape index (κ1) is 24.0. The van der Waals surface area contributed by atoms with Crippen LogP contribution >= 0.6 is 0 Å². The van der Waals surface area contributed by atoms with Gasteiger partial charge >= 0.3 is 5.97 Å². The highest BCUT2D eigenvalue weighted by molar-refractivity contribution is 7.89. The van der Waals surface area contributed by atoms with Crippen molar-refractivity contribution >= 4 is 27.6 Å². The number of aromatic amines is 1. The molecule has 2 heterocycles. The molecule has 1 fully saturated rings. The molecule has 0 unspecified atom stereocenters. The largest absolute Gasteiger partial charge is 0.459 e. The number of anilines is 1. The van der Waals surface area contributed by atoms with Crippen LogP contribution in [0.1, 0.15) is 51.5 Å². The van der Waals surface area contributed by atoms with Gasteiger partial charge in [0.15, 0.2) is 0 Å². The van der Waals surface area contributed by atoms with E-state index in [9.17, 15) is 18.0 Å². The van der Waals surface area contributed by atoms with E-state index in [0.29, 0.717) is 41.3 Å². The number of sulfonamides is 1. The summed E-state index contributed by atoms with van der Waals surface area (Å²) in [6, 6.07) is 4.75. The first-order valence-electron chi connectivity index (χ1n) is 10.4. The normalized spacial score (nSPS) is 15.1. The number of aromatic nitrogens is 1. The van der Waals surface area contributed by atoms with E-state index in [4.69, 9.17) is 9.47 Å². The highest BCUT2D eigenvalue weighted by Gasteiger charge is 2.28. The van der Waals surface area contributed by atoms with Gasteiger partial charge in [-0.2, -0.15) is 4.31 Å². The van der Waals surface area contributed by atoms with E-state index < -0.39 is 21.9 Å². The topological polar surface area (TPSA) is 118 Å². The lowest BCUT2D eigenvalue weighted by atomic mass is 10.1. The predicted octanol–water partition coefficient (Wildman–Crippen LogP) is 2.78. The molecule has 32 heavy (non-hydrogen) atoms. The summed E-state index contributed by atoms with van der Waals surface area (Å²) in [7, 11) is -3.72. The second-order valence-corrected chi connectivity index (χ2v) is 9.94. The summed E-state index contributed by atoms with van der Waals surface area (Å²) in [5, 5.41) is 2.73. The number of H-pyrrole nitrogens is 1. The third kappa shape index (κ3) is 4.87. The summed E-state index contributed by atoms with van der Waals surface area (Å²) in [6.07, 6.45) is -0.284. The number of carbonyl (C=O) groups is 2. The van der Waals surface area contributed by atoms with Gasteiger partial charge in [0.05, 0.1) is 29.8 Å². The van der Waals surface area contributed by atoms with Gasteiger partial charge in [-0.05, 0) is 57.9 Å². The Kier molecular flexibility index (Phi) is 7.06. The molecule has 10 heteroatoms. The van der Waals surface area contributed by atoms with Gasteiger partial charge in [0.25, 0.3) is 5.91 Å². The van der Waals surface area contributed by atoms with Gasteiger partial charge in [-0.25, -0.2) is 13.2 Å². The third-order valence-electron chi connectivity index (χ3n) is 5.25. The van der Waals surface area contributed by atoms with Gasteiger partial charge in [0.1, 0.15) is 5.69 Å². The van der Waals surface area contributed by atoms with Crippen LogP contribution in [0.15, 0.2) is 23.1 Å². The molecule has 1 aromatic heterocycles. The van der Waals surface area contributed by atoms with Gasteiger partial charge < -0.3 is 19.8 Å². The van der Waals surface area contributed by atoms with Crippen LogP contribution in [-0.2, 0) is 19.5 Å². The van der Waals surface area contributed by atoms with Crippen LogP contribution in [0.4, 0.5) is 5.69 Å². The smallest absolute Gasteiger partial charge is 0.340 e. The number of rotatable bonds is 6. The molecule has 9 nitrogen and oxygen atoms in total. The Morgan fingerprint density at radius 1 is 1.16 bits per heavy atom. The molecule has 0 aliphatic carbocycles. The van der Waals surface area contributed by atoms with E-state index in [2.05, 4.69) is 10.3 Å². The maximum absolute atomic E-state index is 13.1. The van der Waals surface area contributed by atoms with E-state index in [1.54, 1.807) is 46.8 Å². The molecule has 0 atom stereocenters. The molecule has 0 spiro atoms. The molecule has 0 saturated carbocycles. The van der Waals surface area contributed by atoms with Crippen LogP contribution in [-0.4, -0.2) is 62.0 Å². The van der Waals surface area contributed by atoms with Crippen molar-refractivity contribution in [3.05, 3.63) is 46.3 Å². The first-order chi connectivity index (χ1) is 15.0. The highest BCUT2D eigenvalue weighted by atomic mass is 32.2. The fourth-order valence-corrected chi connectivity index (χ4v) is 5.29. The first-order valence-corrected chi connectivity index (χ1v) is 11.9. The number of benzene rings is 1. The molecule has 3 rings (SSSR count). The molecule has 1 saturated heterocycles. The SMILES string of the molecule is Cc1ccc(NC(=O)c2[nH]c(C)c(C(=O)OC(C)C)c2C)cc1S(=O)(=O)N1CCOCC1. The van der Waals surface area contributed by atoms with E-state index in [1.165, 1.54) is 10.4 Å². The Morgan fingerprint density at radius 2 is 1.81 bits per heavy atom. The lowest BCUT2D eigenvalue weighted by Gasteiger charge is -2.26. The van der Waals surface area contributed by atoms with Crippen LogP contribution in [0.3, 0.4) is 0 Å². The molecule has 0 bridgehead atoms. The molecular weight excluding hydrogens is 434 g/mol. The Morgan fingerprint density at radius 3 is 2.44 bits per heavy atom. The van der Waals surface area contributed by atoms with Crippen molar-refractivity contribution in [3.63, 3.8) is 0 Å². The number of aryl methyl sites for hydroxylation is 2. The van der Waals surface area contributed by atoms with Crippen molar-refractivity contribution in [2.24, 2.45) is 0 Å². The van der Waals surface area contributed by atoms with E-state index in [-0.39, 0.29) is 29.8 Å². The van der Waals surface area contributed by atoms with Crippen LogP contribution < -0.4 is 5.32 Å². The van der Waals surface area contributed by atoms with E-state index in [0.717, 1.165) is 0 Å². The summed E-state index contributed by atoms with van der Waals surface area (Å²) >= 11 is 0. The lowest BCUT2D eigenvalue weighted by Crippen LogP contribution is -2.40. The summed E-state index contributed by atoms with van der Waals surface area (Å²) in [4.78, 5) is 28.4. The molecule has 1 aromatic carbocycles. The molecule has 2 aromatic rings. The number of morpholine rings is 1. The Labute approximate surface area is 188 Å². The number of ether oxygens (including phenoxy) is 2. The maximum Gasteiger partial charge on any atom is 0.340 e. The fraction of sp³-hybridized carbons (Fsp3) is 0.455. The summed E-state index contributed by atoms with van der Waals surface area (Å²) < 4.78 is 38.1. The third-order valence-corrected chi connectivity index (χ3v) is 7.29. The standard InChI is InChI=1S/C22H29N3O6S/c1-13(2)31-22(27)19-15(4)20(23-16(19)5)21(26)24-17-7-6-14(3)18(12-17)32(28,29)25-8-10-30-11-9-25/h6-7,12-13,23H,8-11H2,1-5H3,(H,24,26). The number of esters is 1. The summed E-state index contributed by atoms with van der Waals surface area (Å²) in [5.41, 5.74) is 2.46. The second-order valence-electron chi connectivity index (χ2n) is 8.03. The molecule has 0 radical (unpaired) electrons. The molecule has 174 valence electrons. The van der Waals surface area contributed by atoms with Gasteiger partial charge in [0, 0.05) is 24.5 Å². The van der Waals surface area contributed by atoms with Crippen molar-refractivity contribution in [2.75, 3.05) is 31.6 Å². The van der Waals surface area contributed by atoms with Crippen molar-refractivity contribution < 1.29 is 27.5 Å². The molecular formula is C22H29N3O6S. The maximum atomic E-state index is 13.1. The Bertz CT molecular complexity index is 1130. The van der Waals surface area contributed by atoms with E-state index in [1.807, 2.05) is 0 Å². The van der Waals surface area contributed by atoms with Crippen molar-refractivity contribution in [1.82, 2.24) is 9.29 Å². The van der Waals surface area contributed by atoms with Crippen molar-refractivity contribution in [1.29, 1.82) is 0 Å². The average molecular weight is 464 g/mol. The van der Waals surface area contributed by atoms with Crippen molar-refractivity contribution in [3.8, 4) is 0 Å². The molecule has 1 amide bonds. The highest BCUT2D eigenvalue weighted by Crippen LogP contribution is 2.26. The monoisotopic (exact) mass is 463 g/mol. The van der Waals surface area contributed by atoms with Gasteiger partial charge in [-0.3, -0.25) is 4.79 Å². The number of nitrogens with zero attached hydrogens (tertiary/aromatic N) is 1. The van der Waals surface area contributed by atoms with E-state index >= 15 is 0 Å². The van der Waals surface area contributed by atoms with Crippen LogP contribution in [0.5, 0.6) is 0 Å². The number of hydrogen-bond donors (Lipinski definition) is 2. The van der Waals surface area contributed by atoms with Crippen LogP contribution in [0.2, 0.25) is 0 Å². The summed E-state index contributed by atoms with van der Waals surface area (Å²) in [5.74, 6) is -0.979. The molecule has 1 aliphatic rings. The summed E-state index contributed by atoms with van der Waals surface area (Å²) in [6.45, 7) is 9.85. The van der Waals surface area contributed by atoms with Gasteiger partial charge in [-0.1, -0.05) is 6.07 Å². The lowest BCUT2D eigenvalue weighted by molar-refractivity contribution is 0.0376. The Balaban J connectivity index is 1.86. The average Bonchev–Trinajstić information content (AvgIpc) is 3.03. The van der Waals surface area contributed by atoms with Crippen molar-refractivity contribution in [2.45, 2.75) is 45.6 Å². The number of carbonyl (C=O) groups excluding carboxylic acids is 2. The molecule has 1 aliphatic heterocycles. The fourth-order valence-electron chi connectivity index (χ4n) is 3.63. The number of nitrogens with one attached hydrogen (secondary N) is 2. The van der Waals surface area contributed by atoms with Gasteiger partial charge in [-0.15, -0.1) is 0 Å². The minimum Gasteiger partial charge on any atom is -0.459 e. The zero-order valence-electron chi connectivity index (χ0n) is 18.9. The minimum atomic E-state index is -3.72. The Hall–Kier alpha value is -2.69. The van der Waals surface area contributed by atoms with Gasteiger partial charge in [0.2, 0.25) is 10.0 Å². The quantitative estimate of drug-likeness (QED) is 0.636. The van der Waals surface area contributed by atoms with Crippen LogP contribution in [0, 0.1) is 20.8 Å². The predicted molar refractivity (Wildman–Crippen MR) is 120 cm³/mol.